The zero-order valence-corrected chi connectivity index (χ0v) is 15.6. The smallest absolute Gasteiger partial charge is 0.208 e. The van der Waals surface area contributed by atoms with Crippen LogP contribution in [0.4, 0.5) is 0 Å². The van der Waals surface area contributed by atoms with E-state index in [0.717, 1.165) is 10.9 Å². The monoisotopic (exact) mass is 323 g/mol. The lowest BCUT2D eigenvalue weighted by Crippen LogP contribution is -2.62. The van der Waals surface area contributed by atoms with Crippen LogP contribution in [0, 0.1) is 0 Å². The van der Waals surface area contributed by atoms with Crippen LogP contribution < -0.4 is 31.2 Å². The number of carbonyl (C=O) groups is 1. The van der Waals surface area contributed by atoms with E-state index in [1.807, 2.05) is 15.7 Å². The molecule has 0 bridgehead atoms. The molecule has 1 aromatic rings. The SMILES string of the molecule is Bc1c(B)c(C(=O)[C@](C)(O)NC(B)(B)O)c(B)c2c1OC(B)(B)O2. The third kappa shape index (κ3) is 3.43. The molecular formula is C11H20B7NO5. The van der Waals surface area contributed by atoms with Crippen LogP contribution in [-0.4, -0.2) is 87.8 Å². The van der Waals surface area contributed by atoms with Gasteiger partial charge in [-0.15, -0.1) is 0 Å². The Labute approximate surface area is 148 Å². The van der Waals surface area contributed by atoms with Crippen molar-refractivity contribution in [3.63, 3.8) is 0 Å². The lowest BCUT2D eigenvalue weighted by atomic mass is 9.69. The number of ether oxygens (including phenoxy) is 2. The van der Waals surface area contributed by atoms with Gasteiger partial charge in [0.1, 0.15) is 39.2 Å². The Bertz CT molecular complexity index is 716. The van der Waals surface area contributed by atoms with Crippen molar-refractivity contribution in [3.8, 4) is 11.5 Å². The van der Waals surface area contributed by atoms with E-state index < -0.39 is 22.6 Å². The summed E-state index contributed by atoms with van der Waals surface area (Å²) >= 11 is 0. The number of rotatable bonds is 4. The topological polar surface area (TPSA) is 88.0 Å². The maximum absolute atomic E-state index is 13.0. The normalized spacial score (nSPS) is 18.1. The van der Waals surface area contributed by atoms with Gasteiger partial charge >= 0.3 is 0 Å². The molecule has 24 heavy (non-hydrogen) atoms. The fourth-order valence-corrected chi connectivity index (χ4v) is 3.09. The molecule has 0 radical (unpaired) electrons. The van der Waals surface area contributed by atoms with Gasteiger partial charge in [-0.25, -0.2) is 0 Å². The lowest BCUT2D eigenvalue weighted by Gasteiger charge is -2.32. The van der Waals surface area contributed by atoms with Crippen molar-refractivity contribution >= 4 is 77.1 Å². The first kappa shape index (κ1) is 19.2. The molecule has 0 saturated carbocycles. The molecule has 3 N–H and O–H groups in total. The van der Waals surface area contributed by atoms with E-state index in [1.165, 1.54) is 22.6 Å². The Morgan fingerprint density at radius 1 is 1.04 bits per heavy atom. The second kappa shape index (κ2) is 5.68. The maximum atomic E-state index is 13.0. The van der Waals surface area contributed by atoms with Crippen molar-refractivity contribution in [3.05, 3.63) is 5.56 Å². The molecule has 0 spiro atoms. The van der Waals surface area contributed by atoms with E-state index in [-0.39, 0.29) is 0 Å². The summed E-state index contributed by atoms with van der Waals surface area (Å²) in [5.41, 5.74) is -1.65. The second-order valence-electron chi connectivity index (χ2n) is 7.60. The second-order valence-corrected chi connectivity index (χ2v) is 7.60. The highest BCUT2D eigenvalue weighted by Gasteiger charge is 2.40. The van der Waals surface area contributed by atoms with Crippen LogP contribution in [0.15, 0.2) is 0 Å². The van der Waals surface area contributed by atoms with Crippen LogP contribution in [0.5, 0.6) is 11.5 Å². The standard InChI is InChI=1S/C11H20B7NO5/c1-9(21,19-10(15,16)22)8(20)2-3(12)5(14)7-6(4(2)13)23-11(17,18)24-7/h19,21-22H,12-18H2,1H3/t9-/m0/s1. The first-order valence-electron chi connectivity index (χ1n) is 7.97. The van der Waals surface area contributed by atoms with Gasteiger partial charge < -0.3 is 19.7 Å². The lowest BCUT2D eigenvalue weighted by molar-refractivity contribution is -0.00817. The summed E-state index contributed by atoms with van der Waals surface area (Å²) in [6, 6.07) is 0. The number of hydrogen-bond donors (Lipinski definition) is 3. The Kier molecular flexibility index (Phi) is 4.53. The summed E-state index contributed by atoms with van der Waals surface area (Å²) in [6.07, 6.45) is 0. The Morgan fingerprint density at radius 3 is 1.96 bits per heavy atom. The van der Waals surface area contributed by atoms with E-state index >= 15 is 0 Å². The van der Waals surface area contributed by atoms with Crippen molar-refractivity contribution in [1.29, 1.82) is 0 Å². The Balaban J connectivity index is 2.57. The quantitative estimate of drug-likeness (QED) is 0.290. The van der Waals surface area contributed by atoms with Crippen molar-refractivity contribution in [2.75, 3.05) is 0 Å². The summed E-state index contributed by atoms with van der Waals surface area (Å²) in [6.45, 7) is 1.33. The van der Waals surface area contributed by atoms with Crippen molar-refractivity contribution in [1.82, 2.24) is 5.32 Å². The molecule has 13 heteroatoms. The molecule has 0 fully saturated rings. The Morgan fingerprint density at radius 2 is 1.50 bits per heavy atom. The number of nitrogens with one attached hydrogen (secondary N) is 1. The molecule has 0 saturated heterocycles. The van der Waals surface area contributed by atoms with Gasteiger partial charge in [-0.1, -0.05) is 5.46 Å². The van der Waals surface area contributed by atoms with Gasteiger partial charge in [-0.3, -0.25) is 10.1 Å². The molecule has 1 atom stereocenters. The molecular weight excluding hydrogens is 302 g/mol. The van der Waals surface area contributed by atoms with Gasteiger partial charge in [0.15, 0.2) is 38.5 Å². The zero-order chi connectivity index (χ0) is 18.7. The number of fused-ring (bicyclic) bond motifs is 1. The zero-order valence-electron chi connectivity index (χ0n) is 15.6. The van der Waals surface area contributed by atoms with Crippen LogP contribution in [0.3, 0.4) is 0 Å². The summed E-state index contributed by atoms with van der Waals surface area (Å²) in [5, 5.41) is 23.0. The fraction of sp³-hybridized carbons (Fsp3) is 0.364. The first-order valence-corrected chi connectivity index (χ1v) is 7.97. The van der Waals surface area contributed by atoms with Crippen LogP contribution in [0.1, 0.15) is 17.3 Å². The molecule has 1 aromatic carbocycles. The number of benzene rings is 1. The summed E-state index contributed by atoms with van der Waals surface area (Å²) in [7, 11) is 12.0. The average molecular weight is 322 g/mol. The molecule has 2 rings (SSSR count). The van der Waals surface area contributed by atoms with Crippen LogP contribution >= 0.6 is 0 Å². The van der Waals surface area contributed by atoms with E-state index in [0.29, 0.717) is 22.5 Å². The van der Waals surface area contributed by atoms with Gasteiger partial charge in [0, 0.05) is 11.1 Å². The predicted octanol–water partition coefficient (Wildman–Crippen LogP) is -9.54. The minimum absolute atomic E-state index is 0.370. The number of ketones is 1. The number of hydrogen-bond acceptors (Lipinski definition) is 6. The van der Waals surface area contributed by atoms with Crippen molar-refractivity contribution < 1.29 is 24.5 Å². The molecule has 1 heterocycles. The molecule has 6 nitrogen and oxygen atoms in total. The van der Waals surface area contributed by atoms with Gasteiger partial charge in [-0.2, -0.15) is 0 Å². The molecule has 0 unspecified atom stereocenters. The Hall–Kier alpha value is -1.18. The molecule has 120 valence electrons. The first-order chi connectivity index (χ1) is 10.7. The highest BCUT2D eigenvalue weighted by molar-refractivity contribution is 6.56. The number of Topliss-reactive ketones (excluding diaryl/α,β-unsaturated/α-hetero) is 1. The minimum Gasteiger partial charge on any atom is -0.467 e. The number of carbonyl (C=O) groups excluding carboxylic acids is 1. The van der Waals surface area contributed by atoms with Gasteiger partial charge in [0.05, 0.1) is 0 Å². The fourth-order valence-electron chi connectivity index (χ4n) is 3.09. The molecule has 1 aliphatic heterocycles. The molecule has 0 aromatic heterocycles. The van der Waals surface area contributed by atoms with Crippen LogP contribution in [0.25, 0.3) is 0 Å². The van der Waals surface area contributed by atoms with Gasteiger partial charge in [0.2, 0.25) is 5.78 Å². The van der Waals surface area contributed by atoms with E-state index in [4.69, 9.17) is 9.47 Å². The molecule has 1 aliphatic rings. The van der Waals surface area contributed by atoms with Crippen LogP contribution in [0.2, 0.25) is 0 Å². The summed E-state index contributed by atoms with van der Waals surface area (Å²) in [5.74, 6) is 0.617. The van der Waals surface area contributed by atoms with Crippen LogP contribution in [-0.2, 0) is 0 Å². The predicted molar refractivity (Wildman–Crippen MR) is 112 cm³/mol. The molecule has 0 aliphatic carbocycles. The average Bonchev–Trinajstić information content (AvgIpc) is 2.70. The third-order valence-corrected chi connectivity index (χ3v) is 4.11. The maximum Gasteiger partial charge on any atom is 0.208 e. The highest BCUT2D eigenvalue weighted by atomic mass is 16.7. The highest BCUT2D eigenvalue weighted by Crippen LogP contribution is 2.33. The largest absolute Gasteiger partial charge is 0.467 e. The molecule has 0 amide bonds. The summed E-state index contributed by atoms with van der Waals surface area (Å²) < 4.78 is 11.7. The van der Waals surface area contributed by atoms with E-state index in [2.05, 4.69) is 5.32 Å². The van der Waals surface area contributed by atoms with Crippen molar-refractivity contribution in [2.45, 2.75) is 23.8 Å². The van der Waals surface area contributed by atoms with Gasteiger partial charge in [-0.05, 0) is 17.8 Å². The third-order valence-electron chi connectivity index (χ3n) is 4.11. The van der Waals surface area contributed by atoms with Gasteiger partial charge in [0.25, 0.3) is 0 Å². The van der Waals surface area contributed by atoms with Crippen molar-refractivity contribution in [2.24, 2.45) is 0 Å². The minimum atomic E-state index is -1.93. The number of aliphatic hydroxyl groups is 2. The van der Waals surface area contributed by atoms with E-state index in [1.54, 1.807) is 23.5 Å². The summed E-state index contributed by atoms with van der Waals surface area (Å²) in [4.78, 5) is 13.0. The van der Waals surface area contributed by atoms with E-state index in [9.17, 15) is 15.0 Å².